The first-order valence-electron chi connectivity index (χ1n) is 9.82. The first kappa shape index (κ1) is 23.2. The summed E-state index contributed by atoms with van der Waals surface area (Å²) in [6.07, 6.45) is 1.54. The van der Waals surface area contributed by atoms with Gasteiger partial charge in [0.2, 0.25) is 0 Å². The Hall–Kier alpha value is -2.99. The van der Waals surface area contributed by atoms with Crippen LogP contribution < -0.4 is 5.43 Å². The number of aromatic nitrogens is 1. The molecule has 2 aromatic carbocycles. The quantitative estimate of drug-likeness (QED) is 0.124. The van der Waals surface area contributed by atoms with Crippen LogP contribution in [-0.4, -0.2) is 21.6 Å². The first-order chi connectivity index (χ1) is 15.7. The van der Waals surface area contributed by atoms with Crippen molar-refractivity contribution in [3.63, 3.8) is 0 Å². The number of nitrogens with zero attached hydrogens (tertiary/aromatic N) is 3. The van der Waals surface area contributed by atoms with Crippen LogP contribution >= 0.6 is 38.5 Å². The molecular formula is C23H18BrIN4O4. The highest BCUT2D eigenvalue weighted by molar-refractivity contribution is 14.1. The van der Waals surface area contributed by atoms with Crippen molar-refractivity contribution in [3.05, 3.63) is 88.9 Å². The van der Waals surface area contributed by atoms with Crippen molar-refractivity contribution < 1.29 is 14.1 Å². The lowest BCUT2D eigenvalue weighted by Crippen LogP contribution is -2.16. The zero-order valence-electron chi connectivity index (χ0n) is 17.8. The standard InChI is InChI=1S/C23H18BrIN4O4/c1-12-4-5-18(10-20(12)29(31)32)28-13(2)6-16(14(28)3)11-26-27-23(30)21-8-15-7-17(24)9-19(25)22(15)33-21/h4-11H,1-3H3,(H,27,30)/b26-11-. The fraction of sp³-hybridized carbons (Fsp3) is 0.130. The molecule has 0 aliphatic carbocycles. The van der Waals surface area contributed by atoms with E-state index in [2.05, 4.69) is 49.0 Å². The third-order valence-electron chi connectivity index (χ3n) is 5.25. The zero-order valence-corrected chi connectivity index (χ0v) is 21.6. The van der Waals surface area contributed by atoms with Crippen molar-refractivity contribution in [1.82, 2.24) is 9.99 Å². The van der Waals surface area contributed by atoms with E-state index in [0.29, 0.717) is 16.8 Å². The van der Waals surface area contributed by atoms with Crippen LogP contribution in [0.25, 0.3) is 16.7 Å². The lowest BCUT2D eigenvalue weighted by atomic mass is 10.2. The summed E-state index contributed by atoms with van der Waals surface area (Å²) in [5.41, 5.74) is 6.99. The molecule has 0 saturated heterocycles. The van der Waals surface area contributed by atoms with Gasteiger partial charge in [0.05, 0.1) is 20.4 Å². The first-order valence-corrected chi connectivity index (χ1v) is 11.7. The van der Waals surface area contributed by atoms with E-state index in [-0.39, 0.29) is 16.4 Å². The number of benzene rings is 2. The number of fused-ring (bicyclic) bond motifs is 1. The van der Waals surface area contributed by atoms with E-state index in [1.165, 1.54) is 0 Å². The number of furan rings is 1. The largest absolute Gasteiger partial charge is 0.450 e. The van der Waals surface area contributed by atoms with Gasteiger partial charge < -0.3 is 8.98 Å². The summed E-state index contributed by atoms with van der Waals surface area (Å²) in [5, 5.41) is 16.2. The molecule has 4 aromatic rings. The van der Waals surface area contributed by atoms with Crippen LogP contribution in [0, 0.1) is 34.5 Å². The van der Waals surface area contributed by atoms with Crippen LogP contribution in [0.1, 0.15) is 33.1 Å². The summed E-state index contributed by atoms with van der Waals surface area (Å²) in [7, 11) is 0. The molecule has 0 saturated carbocycles. The van der Waals surface area contributed by atoms with Gasteiger partial charge in [-0.15, -0.1) is 0 Å². The monoisotopic (exact) mass is 620 g/mol. The number of rotatable bonds is 5. The molecule has 0 fully saturated rings. The smallest absolute Gasteiger partial charge is 0.307 e. The minimum Gasteiger partial charge on any atom is -0.450 e. The predicted octanol–water partition coefficient (Wildman–Crippen LogP) is 6.19. The Bertz CT molecular complexity index is 1450. The van der Waals surface area contributed by atoms with Crippen LogP contribution in [-0.2, 0) is 0 Å². The van der Waals surface area contributed by atoms with Crippen molar-refractivity contribution in [2.75, 3.05) is 0 Å². The fourth-order valence-corrected chi connectivity index (χ4v) is 5.31. The van der Waals surface area contributed by atoms with Crippen LogP contribution in [0.4, 0.5) is 5.69 Å². The molecule has 2 heterocycles. The van der Waals surface area contributed by atoms with Gasteiger partial charge in [0, 0.05) is 38.4 Å². The number of nitro benzene ring substituents is 1. The van der Waals surface area contributed by atoms with Crippen molar-refractivity contribution in [2.45, 2.75) is 20.8 Å². The van der Waals surface area contributed by atoms with Crippen molar-refractivity contribution in [1.29, 1.82) is 0 Å². The number of nitro groups is 1. The van der Waals surface area contributed by atoms with Gasteiger partial charge in [0.1, 0.15) is 5.58 Å². The lowest BCUT2D eigenvalue weighted by molar-refractivity contribution is -0.385. The molecule has 0 unspecified atom stereocenters. The molecule has 0 aliphatic heterocycles. The minimum atomic E-state index is -0.461. The Balaban J connectivity index is 1.56. The highest BCUT2D eigenvalue weighted by atomic mass is 127. The number of nitrogens with one attached hydrogen (secondary N) is 1. The number of hydrogen-bond acceptors (Lipinski definition) is 5. The molecule has 1 amide bonds. The summed E-state index contributed by atoms with van der Waals surface area (Å²) >= 11 is 5.59. The maximum Gasteiger partial charge on any atom is 0.307 e. The molecule has 0 radical (unpaired) electrons. The van der Waals surface area contributed by atoms with Gasteiger partial charge in [-0.3, -0.25) is 14.9 Å². The van der Waals surface area contributed by atoms with Crippen LogP contribution in [0.5, 0.6) is 0 Å². The topological polar surface area (TPSA) is 103 Å². The molecular weight excluding hydrogens is 603 g/mol. The number of hydrogen-bond donors (Lipinski definition) is 1. The average Bonchev–Trinajstić information content (AvgIpc) is 3.29. The van der Waals surface area contributed by atoms with Crippen molar-refractivity contribution in [3.8, 4) is 5.69 Å². The van der Waals surface area contributed by atoms with Gasteiger partial charge in [-0.1, -0.05) is 22.0 Å². The van der Waals surface area contributed by atoms with E-state index in [1.54, 1.807) is 31.3 Å². The molecule has 4 rings (SSSR count). The van der Waals surface area contributed by atoms with Crippen molar-refractivity contribution >= 4 is 67.3 Å². The highest BCUT2D eigenvalue weighted by Gasteiger charge is 2.16. The molecule has 10 heteroatoms. The molecule has 0 bridgehead atoms. The Morgan fingerprint density at radius 3 is 2.70 bits per heavy atom. The van der Waals surface area contributed by atoms with Gasteiger partial charge in [-0.2, -0.15) is 5.10 Å². The van der Waals surface area contributed by atoms with Gasteiger partial charge in [-0.05, 0) is 73.7 Å². The third-order valence-corrected chi connectivity index (χ3v) is 6.51. The van der Waals surface area contributed by atoms with E-state index >= 15 is 0 Å². The number of aryl methyl sites for hydroxylation is 2. The van der Waals surface area contributed by atoms with Crippen molar-refractivity contribution in [2.24, 2.45) is 5.10 Å². The molecule has 0 aliphatic rings. The van der Waals surface area contributed by atoms with Gasteiger partial charge in [0.15, 0.2) is 5.76 Å². The third kappa shape index (κ3) is 4.58. The van der Waals surface area contributed by atoms with Gasteiger partial charge in [0.25, 0.3) is 5.69 Å². The summed E-state index contributed by atoms with van der Waals surface area (Å²) in [4.78, 5) is 23.4. The molecule has 1 N–H and O–H groups in total. The van der Waals surface area contributed by atoms with E-state index in [0.717, 1.165) is 30.4 Å². The fourth-order valence-electron chi connectivity index (χ4n) is 3.65. The van der Waals surface area contributed by atoms with E-state index in [1.807, 2.05) is 42.7 Å². The normalized spacial score (nSPS) is 11.4. The lowest BCUT2D eigenvalue weighted by Gasteiger charge is -2.10. The van der Waals surface area contributed by atoms with E-state index in [4.69, 9.17) is 4.42 Å². The van der Waals surface area contributed by atoms with Crippen LogP contribution in [0.2, 0.25) is 0 Å². The highest BCUT2D eigenvalue weighted by Crippen LogP contribution is 2.29. The minimum absolute atomic E-state index is 0.0648. The summed E-state index contributed by atoms with van der Waals surface area (Å²) in [6, 6.07) is 12.5. The number of carbonyl (C=O) groups excluding carboxylic acids is 1. The molecule has 0 spiro atoms. The SMILES string of the molecule is Cc1ccc(-n2c(C)cc(/C=N\NC(=O)c3cc4cc(Br)cc(I)c4o3)c2C)cc1[N+](=O)[O-]. The second-order valence-electron chi connectivity index (χ2n) is 7.51. The summed E-state index contributed by atoms with van der Waals surface area (Å²) in [6.45, 7) is 5.50. The summed E-state index contributed by atoms with van der Waals surface area (Å²) < 4.78 is 9.40. The second kappa shape index (κ2) is 9.10. The maximum atomic E-state index is 12.5. The maximum absolute atomic E-state index is 12.5. The summed E-state index contributed by atoms with van der Waals surface area (Å²) in [5.74, 6) is -0.298. The van der Waals surface area contributed by atoms with Gasteiger partial charge in [-0.25, -0.2) is 5.43 Å². The number of carbonyl (C=O) groups is 1. The number of halogens is 2. The average molecular weight is 621 g/mol. The van der Waals surface area contributed by atoms with E-state index in [9.17, 15) is 14.9 Å². The Labute approximate surface area is 211 Å². The number of hydrazone groups is 1. The van der Waals surface area contributed by atoms with Gasteiger partial charge >= 0.3 is 5.91 Å². The Morgan fingerprint density at radius 2 is 1.97 bits per heavy atom. The molecule has 8 nitrogen and oxygen atoms in total. The van der Waals surface area contributed by atoms with Crippen LogP contribution in [0.15, 0.2) is 56.5 Å². The number of amides is 1. The second-order valence-corrected chi connectivity index (χ2v) is 9.58. The predicted molar refractivity (Wildman–Crippen MR) is 138 cm³/mol. The molecule has 33 heavy (non-hydrogen) atoms. The Morgan fingerprint density at radius 1 is 1.21 bits per heavy atom. The van der Waals surface area contributed by atoms with E-state index < -0.39 is 5.91 Å². The molecule has 168 valence electrons. The molecule has 2 aromatic heterocycles. The zero-order chi connectivity index (χ0) is 23.9. The molecule has 0 atom stereocenters. The van der Waals surface area contributed by atoms with Crippen LogP contribution in [0.3, 0.4) is 0 Å². The Kier molecular flexibility index (Phi) is 6.39.